The second-order valence-corrected chi connectivity index (χ2v) is 7.38. The fourth-order valence-corrected chi connectivity index (χ4v) is 2.27. The summed E-state index contributed by atoms with van der Waals surface area (Å²) in [5.74, 6) is 1.92. The number of ether oxygens (including phenoxy) is 1. The Kier molecular flexibility index (Phi) is 10.2. The highest BCUT2D eigenvalue weighted by molar-refractivity contribution is 14.0. The van der Waals surface area contributed by atoms with Crippen LogP contribution in [0.1, 0.15) is 13.8 Å². The second-order valence-electron chi connectivity index (χ2n) is 5.37. The van der Waals surface area contributed by atoms with Crippen LogP contribution < -0.4 is 15.4 Å². The molecule has 0 bridgehead atoms. The monoisotopic (exact) mass is 455 g/mol. The van der Waals surface area contributed by atoms with Crippen LogP contribution in [0.15, 0.2) is 34.2 Å². The number of hydrogen-bond acceptors (Lipinski definition) is 4. The van der Waals surface area contributed by atoms with Gasteiger partial charge >= 0.3 is 0 Å². The van der Waals surface area contributed by atoms with Crippen molar-refractivity contribution in [2.45, 2.75) is 18.7 Å². The van der Waals surface area contributed by atoms with E-state index in [4.69, 9.17) is 4.74 Å². The summed E-state index contributed by atoms with van der Waals surface area (Å²) in [6.07, 6.45) is 1.18. The van der Waals surface area contributed by atoms with E-state index in [0.717, 1.165) is 12.5 Å². The van der Waals surface area contributed by atoms with Gasteiger partial charge < -0.3 is 15.4 Å². The van der Waals surface area contributed by atoms with Crippen LogP contribution in [0, 0.1) is 5.92 Å². The SMILES string of the molecule is CN=C(NCCOc1ccc(S(C)(=O)=O)cc1)NCC(C)C.I. The average molecular weight is 455 g/mol. The molecule has 0 fully saturated rings. The van der Waals surface area contributed by atoms with Crippen molar-refractivity contribution >= 4 is 39.8 Å². The van der Waals surface area contributed by atoms with Gasteiger partial charge in [-0.05, 0) is 30.2 Å². The molecule has 0 spiro atoms. The van der Waals surface area contributed by atoms with E-state index in [1.54, 1.807) is 31.3 Å². The van der Waals surface area contributed by atoms with E-state index in [0.29, 0.717) is 24.8 Å². The molecule has 0 amide bonds. The van der Waals surface area contributed by atoms with E-state index in [-0.39, 0.29) is 28.9 Å². The average Bonchev–Trinajstić information content (AvgIpc) is 2.46. The third kappa shape index (κ3) is 8.99. The summed E-state index contributed by atoms with van der Waals surface area (Å²) in [5, 5.41) is 6.36. The molecule has 8 heteroatoms. The number of halogens is 1. The molecule has 1 aromatic rings. The van der Waals surface area contributed by atoms with Crippen LogP contribution >= 0.6 is 24.0 Å². The highest BCUT2D eigenvalue weighted by Gasteiger charge is 2.06. The zero-order valence-electron chi connectivity index (χ0n) is 14.0. The van der Waals surface area contributed by atoms with Gasteiger partial charge in [-0.15, -0.1) is 24.0 Å². The number of sulfone groups is 1. The first kappa shape index (κ1) is 22.0. The second kappa shape index (κ2) is 10.7. The first-order valence-electron chi connectivity index (χ1n) is 7.20. The Labute approximate surface area is 156 Å². The van der Waals surface area contributed by atoms with Gasteiger partial charge in [-0.3, -0.25) is 4.99 Å². The molecule has 1 aromatic carbocycles. The summed E-state index contributed by atoms with van der Waals surface area (Å²) in [5.41, 5.74) is 0. The number of aliphatic imine (C=N–C) groups is 1. The lowest BCUT2D eigenvalue weighted by Gasteiger charge is -2.13. The summed E-state index contributed by atoms with van der Waals surface area (Å²) in [4.78, 5) is 4.40. The molecule has 6 nitrogen and oxygen atoms in total. The Morgan fingerprint density at radius 1 is 1.22 bits per heavy atom. The van der Waals surface area contributed by atoms with Crippen LogP contribution in [0.2, 0.25) is 0 Å². The van der Waals surface area contributed by atoms with Crippen molar-refractivity contribution in [3.8, 4) is 5.75 Å². The van der Waals surface area contributed by atoms with Gasteiger partial charge in [0, 0.05) is 19.8 Å². The minimum atomic E-state index is -3.16. The maximum absolute atomic E-state index is 11.4. The van der Waals surface area contributed by atoms with E-state index in [2.05, 4.69) is 29.5 Å². The molecule has 0 saturated heterocycles. The molecule has 0 unspecified atom stereocenters. The zero-order chi connectivity index (χ0) is 16.6. The molecular weight excluding hydrogens is 429 g/mol. The Balaban J connectivity index is 0.00000484. The number of benzene rings is 1. The highest BCUT2D eigenvalue weighted by Crippen LogP contribution is 2.15. The number of nitrogens with zero attached hydrogens (tertiary/aromatic N) is 1. The maximum Gasteiger partial charge on any atom is 0.191 e. The van der Waals surface area contributed by atoms with Crippen molar-refractivity contribution in [2.75, 3.05) is 33.0 Å². The summed E-state index contributed by atoms with van der Waals surface area (Å²) < 4.78 is 28.3. The predicted molar refractivity (Wildman–Crippen MR) is 105 cm³/mol. The van der Waals surface area contributed by atoms with Gasteiger partial charge in [-0.25, -0.2) is 8.42 Å². The molecule has 132 valence electrons. The minimum Gasteiger partial charge on any atom is -0.492 e. The number of nitrogens with one attached hydrogen (secondary N) is 2. The first-order valence-corrected chi connectivity index (χ1v) is 9.09. The van der Waals surface area contributed by atoms with Crippen molar-refractivity contribution in [2.24, 2.45) is 10.9 Å². The van der Waals surface area contributed by atoms with Gasteiger partial charge in [-0.2, -0.15) is 0 Å². The smallest absolute Gasteiger partial charge is 0.191 e. The minimum absolute atomic E-state index is 0. The predicted octanol–water partition coefficient (Wildman–Crippen LogP) is 1.91. The van der Waals surface area contributed by atoms with Crippen LogP contribution in [0.4, 0.5) is 0 Å². The van der Waals surface area contributed by atoms with Gasteiger partial charge in [-0.1, -0.05) is 13.8 Å². The first-order chi connectivity index (χ1) is 10.3. The van der Waals surface area contributed by atoms with Gasteiger partial charge in [0.2, 0.25) is 0 Å². The van der Waals surface area contributed by atoms with Crippen LogP contribution in [0.3, 0.4) is 0 Å². The Bertz CT molecular complexity index is 586. The van der Waals surface area contributed by atoms with E-state index < -0.39 is 9.84 Å². The fraction of sp³-hybridized carbons (Fsp3) is 0.533. The molecule has 2 N–H and O–H groups in total. The molecule has 1 rings (SSSR count). The van der Waals surface area contributed by atoms with Gasteiger partial charge in [0.15, 0.2) is 15.8 Å². The standard InChI is InChI=1S/C15H25N3O3S.HI/c1-12(2)11-18-15(16-3)17-9-10-21-13-5-7-14(8-6-13)22(4,19)20;/h5-8,12H,9-11H2,1-4H3,(H2,16,17,18);1H. The Hall–Kier alpha value is -1.03. The lowest BCUT2D eigenvalue weighted by molar-refractivity contribution is 0.321. The molecule has 0 aliphatic rings. The highest BCUT2D eigenvalue weighted by atomic mass is 127. The topological polar surface area (TPSA) is 79.8 Å². The van der Waals surface area contributed by atoms with Crippen molar-refractivity contribution in [3.05, 3.63) is 24.3 Å². The van der Waals surface area contributed by atoms with E-state index >= 15 is 0 Å². The molecule has 0 aromatic heterocycles. The zero-order valence-corrected chi connectivity index (χ0v) is 17.1. The Morgan fingerprint density at radius 3 is 2.30 bits per heavy atom. The molecule has 0 atom stereocenters. The molecule has 23 heavy (non-hydrogen) atoms. The third-order valence-corrected chi connectivity index (χ3v) is 3.94. The Morgan fingerprint density at radius 2 is 1.83 bits per heavy atom. The maximum atomic E-state index is 11.4. The lowest BCUT2D eigenvalue weighted by atomic mass is 10.2. The summed E-state index contributed by atoms with van der Waals surface area (Å²) in [6.45, 7) is 6.17. The van der Waals surface area contributed by atoms with Crippen molar-refractivity contribution in [1.82, 2.24) is 10.6 Å². The van der Waals surface area contributed by atoms with E-state index in [1.165, 1.54) is 6.26 Å². The van der Waals surface area contributed by atoms with Gasteiger partial charge in [0.05, 0.1) is 11.4 Å². The molecule has 0 aliphatic carbocycles. The van der Waals surface area contributed by atoms with Crippen LogP contribution in [-0.2, 0) is 9.84 Å². The van der Waals surface area contributed by atoms with Gasteiger partial charge in [0.1, 0.15) is 12.4 Å². The number of hydrogen-bond donors (Lipinski definition) is 2. The van der Waals surface area contributed by atoms with Crippen LogP contribution in [0.5, 0.6) is 5.75 Å². The molecule has 0 saturated carbocycles. The van der Waals surface area contributed by atoms with E-state index in [1.807, 2.05) is 0 Å². The van der Waals surface area contributed by atoms with Gasteiger partial charge in [0.25, 0.3) is 0 Å². The van der Waals surface area contributed by atoms with E-state index in [9.17, 15) is 8.42 Å². The summed E-state index contributed by atoms with van der Waals surface area (Å²) in [7, 11) is -1.44. The van der Waals surface area contributed by atoms with Crippen molar-refractivity contribution < 1.29 is 13.2 Å². The van der Waals surface area contributed by atoms with Crippen molar-refractivity contribution in [1.29, 1.82) is 0 Å². The summed E-state index contributed by atoms with van der Waals surface area (Å²) >= 11 is 0. The molecular formula is C15H26IN3O3S. The summed E-state index contributed by atoms with van der Waals surface area (Å²) in [6, 6.07) is 6.40. The lowest BCUT2D eigenvalue weighted by Crippen LogP contribution is -2.40. The molecule has 0 aliphatic heterocycles. The fourth-order valence-electron chi connectivity index (χ4n) is 1.64. The largest absolute Gasteiger partial charge is 0.492 e. The van der Waals surface area contributed by atoms with Crippen LogP contribution in [-0.4, -0.2) is 47.4 Å². The molecule has 0 radical (unpaired) electrons. The molecule has 0 heterocycles. The van der Waals surface area contributed by atoms with Crippen LogP contribution in [0.25, 0.3) is 0 Å². The third-order valence-electron chi connectivity index (χ3n) is 2.82. The number of rotatable bonds is 7. The van der Waals surface area contributed by atoms with Crippen molar-refractivity contribution in [3.63, 3.8) is 0 Å². The normalized spacial score (nSPS) is 11.8. The number of guanidine groups is 1. The quantitative estimate of drug-likeness (QED) is 0.284.